The monoisotopic (exact) mass is 435 g/mol. The van der Waals surface area contributed by atoms with E-state index < -0.39 is 6.04 Å². The number of hydrogen-bond donors (Lipinski definition) is 0. The number of rotatable bonds is 6. The molecule has 0 saturated carbocycles. The zero-order chi connectivity index (χ0) is 22.0. The van der Waals surface area contributed by atoms with Crippen molar-refractivity contribution in [2.45, 2.75) is 31.6 Å². The highest BCUT2D eigenvalue weighted by atomic mass is 32.2. The Hall–Kier alpha value is -2.93. The van der Waals surface area contributed by atoms with Gasteiger partial charge in [-0.1, -0.05) is 60.2 Å². The molecule has 7 heteroatoms. The van der Waals surface area contributed by atoms with Gasteiger partial charge in [-0.3, -0.25) is 14.6 Å². The summed E-state index contributed by atoms with van der Waals surface area (Å²) in [6, 6.07) is 17.9. The van der Waals surface area contributed by atoms with E-state index >= 15 is 0 Å². The van der Waals surface area contributed by atoms with E-state index in [1.807, 2.05) is 18.2 Å². The van der Waals surface area contributed by atoms with Crippen LogP contribution in [0.1, 0.15) is 23.1 Å². The minimum Gasteiger partial charge on any atom is -0.269 e. The molecule has 0 aliphatic carbocycles. The average molecular weight is 436 g/mol. The minimum absolute atomic E-state index is 0.215. The second-order valence-electron chi connectivity index (χ2n) is 7.95. The molecule has 1 unspecified atom stereocenters. The Labute approximate surface area is 187 Å². The van der Waals surface area contributed by atoms with E-state index in [9.17, 15) is 9.59 Å². The zero-order valence-electron chi connectivity index (χ0n) is 18.1. The molecule has 31 heavy (non-hydrogen) atoms. The molecule has 0 aromatic heterocycles. The highest BCUT2D eigenvalue weighted by molar-refractivity contribution is 8.13. The number of carbonyl (C=O) groups is 2. The quantitative estimate of drug-likeness (QED) is 0.653. The van der Waals surface area contributed by atoms with Crippen molar-refractivity contribution in [1.29, 1.82) is 0 Å². The van der Waals surface area contributed by atoms with Gasteiger partial charge in [0.2, 0.25) is 0 Å². The fraction of sp³-hybridized carbons (Fsp3) is 0.333. The standard InChI is InChI=1S/C24H27N4O2S/c1-17-11-13-19(14-12-17)16-31-23-25-21-20(22(29)27(3)24(30)26(21)2)28(23)15-7-10-18-8-5-4-6-9-18/h4-6,8-9,11-14,20H,7,10,15-16H2,1-3H3/q+1. The zero-order valence-corrected chi connectivity index (χ0v) is 18.9. The Kier molecular flexibility index (Phi) is 6.23. The van der Waals surface area contributed by atoms with E-state index in [1.165, 1.54) is 33.5 Å². The van der Waals surface area contributed by atoms with Gasteiger partial charge in [-0.2, -0.15) is 0 Å². The fourth-order valence-corrected chi connectivity index (χ4v) is 4.86. The molecular weight excluding hydrogens is 408 g/mol. The summed E-state index contributed by atoms with van der Waals surface area (Å²) in [4.78, 5) is 32.9. The summed E-state index contributed by atoms with van der Waals surface area (Å²) in [5, 5.41) is 0.803. The number of amides is 3. The summed E-state index contributed by atoms with van der Waals surface area (Å²) in [5.74, 6) is 1.07. The number of fused-ring (bicyclic) bond motifs is 1. The molecule has 0 N–H and O–H groups in total. The van der Waals surface area contributed by atoms with Gasteiger partial charge in [0.25, 0.3) is 17.8 Å². The topological polar surface area (TPSA) is 56.0 Å². The molecule has 1 saturated heterocycles. The van der Waals surface area contributed by atoms with Crippen LogP contribution in [0.5, 0.6) is 0 Å². The van der Waals surface area contributed by atoms with Crippen LogP contribution < -0.4 is 0 Å². The van der Waals surface area contributed by atoms with Crippen LogP contribution in [-0.2, 0) is 17.0 Å². The average Bonchev–Trinajstić information content (AvgIpc) is 3.15. The van der Waals surface area contributed by atoms with Gasteiger partial charge in [0.1, 0.15) is 0 Å². The Morgan fingerprint density at radius 2 is 1.68 bits per heavy atom. The maximum absolute atomic E-state index is 13.0. The van der Waals surface area contributed by atoms with E-state index in [2.05, 4.69) is 47.9 Å². The number of benzene rings is 2. The first-order valence-corrected chi connectivity index (χ1v) is 11.4. The van der Waals surface area contributed by atoms with Gasteiger partial charge >= 0.3 is 11.2 Å². The number of nitrogens with zero attached hydrogens (tertiary/aromatic N) is 4. The summed E-state index contributed by atoms with van der Waals surface area (Å²) >= 11 is 1.62. The molecule has 2 aliphatic heterocycles. The number of carbonyl (C=O) groups excluding carboxylic acids is 2. The fourth-order valence-electron chi connectivity index (χ4n) is 3.85. The normalized spacial score (nSPS) is 18.5. The summed E-state index contributed by atoms with van der Waals surface area (Å²) in [6.45, 7) is 2.77. The molecule has 1 fully saturated rings. The Balaban J connectivity index is 1.56. The third-order valence-electron chi connectivity index (χ3n) is 5.69. The number of thioether (sulfide) groups is 1. The van der Waals surface area contributed by atoms with Gasteiger partial charge < -0.3 is 0 Å². The minimum atomic E-state index is -0.538. The molecule has 0 radical (unpaired) electrons. The molecule has 2 aromatic carbocycles. The van der Waals surface area contributed by atoms with Crippen molar-refractivity contribution < 1.29 is 14.2 Å². The van der Waals surface area contributed by atoms with Crippen molar-refractivity contribution in [3.63, 3.8) is 0 Å². The Morgan fingerprint density at radius 1 is 0.968 bits per heavy atom. The lowest BCUT2D eigenvalue weighted by atomic mass is 10.1. The number of hydrogen-bond acceptors (Lipinski definition) is 4. The van der Waals surface area contributed by atoms with Crippen LogP contribution in [0.4, 0.5) is 4.79 Å². The van der Waals surface area contributed by atoms with Crippen LogP contribution in [-0.4, -0.2) is 64.0 Å². The van der Waals surface area contributed by atoms with E-state index in [-0.39, 0.29) is 11.9 Å². The Bertz CT molecular complexity index is 1050. The van der Waals surface area contributed by atoms with Gasteiger partial charge in [0.05, 0.1) is 6.54 Å². The largest absolute Gasteiger partial charge is 0.358 e. The smallest absolute Gasteiger partial charge is 0.269 e. The highest BCUT2D eigenvalue weighted by Crippen LogP contribution is 2.25. The van der Waals surface area contributed by atoms with Crippen LogP contribution in [0.2, 0.25) is 0 Å². The predicted octanol–water partition coefficient (Wildman–Crippen LogP) is 3.53. The molecule has 4 rings (SSSR count). The summed E-state index contributed by atoms with van der Waals surface area (Å²) < 4.78 is 2.07. The van der Waals surface area contributed by atoms with E-state index in [0.717, 1.165) is 23.8 Å². The molecule has 0 bridgehead atoms. The molecule has 2 heterocycles. The molecule has 160 valence electrons. The van der Waals surface area contributed by atoms with Gasteiger partial charge in [-0.25, -0.2) is 9.37 Å². The third-order valence-corrected chi connectivity index (χ3v) is 6.75. The summed E-state index contributed by atoms with van der Waals surface area (Å²) in [6.07, 6.45) is 1.82. The van der Waals surface area contributed by atoms with Crippen molar-refractivity contribution in [2.24, 2.45) is 4.99 Å². The molecule has 2 aliphatic rings. The van der Waals surface area contributed by atoms with Gasteiger partial charge in [-0.15, -0.1) is 0 Å². The number of urea groups is 1. The van der Waals surface area contributed by atoms with Crippen molar-refractivity contribution in [1.82, 2.24) is 9.80 Å². The van der Waals surface area contributed by atoms with Crippen molar-refractivity contribution in [3.8, 4) is 0 Å². The predicted molar refractivity (Wildman–Crippen MR) is 125 cm³/mol. The summed E-state index contributed by atoms with van der Waals surface area (Å²) in [5.41, 5.74) is 3.70. The van der Waals surface area contributed by atoms with Crippen LogP contribution in [0.3, 0.4) is 0 Å². The van der Waals surface area contributed by atoms with Crippen molar-refractivity contribution in [3.05, 3.63) is 71.3 Å². The molecule has 3 amide bonds. The first-order valence-electron chi connectivity index (χ1n) is 10.5. The van der Waals surface area contributed by atoms with Gasteiger partial charge in [0.15, 0.2) is 0 Å². The van der Waals surface area contributed by atoms with Crippen molar-refractivity contribution >= 4 is 34.7 Å². The van der Waals surface area contributed by atoms with Gasteiger partial charge in [-0.05, 0) is 47.6 Å². The lowest BCUT2D eigenvalue weighted by molar-refractivity contribution is -0.533. The third kappa shape index (κ3) is 4.42. The SMILES string of the molecule is Cc1ccc(CSC2=[N+](CCCc3ccccc3)C3C(=O)N(C)C(=O)N(C)C3=N2)cc1. The lowest BCUT2D eigenvalue weighted by Crippen LogP contribution is -2.61. The molecule has 1 atom stereocenters. The van der Waals surface area contributed by atoms with E-state index in [0.29, 0.717) is 12.4 Å². The number of imide groups is 1. The number of likely N-dealkylation sites (N-methyl/N-ethyl adjacent to an activating group) is 2. The first-order chi connectivity index (χ1) is 15.0. The molecular formula is C24H27N4O2S+. The Morgan fingerprint density at radius 3 is 2.39 bits per heavy atom. The second kappa shape index (κ2) is 9.06. The van der Waals surface area contributed by atoms with Crippen LogP contribution in [0.15, 0.2) is 59.6 Å². The molecule has 2 aromatic rings. The number of amidine groups is 2. The van der Waals surface area contributed by atoms with Crippen LogP contribution in [0.25, 0.3) is 0 Å². The van der Waals surface area contributed by atoms with E-state index in [4.69, 9.17) is 4.99 Å². The number of aryl methyl sites for hydroxylation is 2. The maximum atomic E-state index is 13.0. The molecule has 0 spiro atoms. The van der Waals surface area contributed by atoms with Crippen LogP contribution in [0, 0.1) is 6.92 Å². The number of aliphatic imine (C=N–C) groups is 1. The second-order valence-corrected chi connectivity index (χ2v) is 8.89. The maximum Gasteiger partial charge on any atom is 0.358 e. The molecule has 6 nitrogen and oxygen atoms in total. The lowest BCUT2D eigenvalue weighted by Gasteiger charge is -2.30. The highest BCUT2D eigenvalue weighted by Gasteiger charge is 2.52. The first kappa shape index (κ1) is 21.3. The van der Waals surface area contributed by atoms with Crippen LogP contribution >= 0.6 is 11.8 Å². The van der Waals surface area contributed by atoms with E-state index in [1.54, 1.807) is 18.8 Å². The van der Waals surface area contributed by atoms with Crippen molar-refractivity contribution in [2.75, 3.05) is 20.6 Å². The summed E-state index contributed by atoms with van der Waals surface area (Å²) in [7, 11) is 3.23. The van der Waals surface area contributed by atoms with Gasteiger partial charge in [0, 0.05) is 19.8 Å².